The van der Waals surface area contributed by atoms with Gasteiger partial charge in [-0.25, -0.2) is 15.0 Å². The van der Waals surface area contributed by atoms with Crippen LogP contribution in [0.1, 0.15) is 40.8 Å². The normalized spacial score (nSPS) is 28.9. The van der Waals surface area contributed by atoms with Gasteiger partial charge in [0.1, 0.15) is 23.8 Å². The van der Waals surface area contributed by atoms with Gasteiger partial charge in [-0.2, -0.15) is 0 Å². The number of nitrogens with zero attached hydrogens (tertiary/aromatic N) is 4. The molecule has 11 heteroatoms. The number of imidazole rings is 1. The zero-order chi connectivity index (χ0) is 22.1. The van der Waals surface area contributed by atoms with Crippen molar-refractivity contribution in [3.8, 4) is 0 Å². The number of hydrogen-bond donors (Lipinski definition) is 1. The van der Waals surface area contributed by atoms with Crippen LogP contribution < -0.4 is 5.73 Å². The number of nitrogen functional groups attached to an aromatic ring is 1. The molecule has 0 aliphatic carbocycles. The van der Waals surface area contributed by atoms with Gasteiger partial charge < -0.3 is 24.4 Å². The molecule has 0 unspecified atom stereocenters. The van der Waals surface area contributed by atoms with Gasteiger partial charge in [0.2, 0.25) is 0 Å². The van der Waals surface area contributed by atoms with E-state index in [1.165, 1.54) is 0 Å². The summed E-state index contributed by atoms with van der Waals surface area (Å²) in [7, 11) is -1.93. The van der Waals surface area contributed by atoms with E-state index < -0.39 is 20.3 Å². The van der Waals surface area contributed by atoms with Gasteiger partial charge in [0.25, 0.3) is 0 Å². The highest BCUT2D eigenvalue weighted by atomic mass is 127. The highest BCUT2D eigenvalue weighted by molar-refractivity contribution is 14.1. The standard InChI is InChI=1S/C19H30IN5O4Si/c1-18(2,3)30(6,7)26-8-10-12-13(29-19(4,5)28-12)16(27-10)25-9-22-11-14(21)23-17(20)24-15(11)25/h9-10,12-13,16H,8H2,1-7H3,(H2,21,23,24)/t10-,12-,13-,16-/m1/s1. The number of ether oxygens (including phenoxy) is 3. The van der Waals surface area contributed by atoms with Crippen molar-refractivity contribution in [2.24, 2.45) is 0 Å². The number of hydrogen-bond acceptors (Lipinski definition) is 8. The molecule has 166 valence electrons. The molecule has 0 aromatic carbocycles. The first kappa shape index (κ1) is 22.3. The molecule has 0 amide bonds. The van der Waals surface area contributed by atoms with Crippen LogP contribution in [-0.2, 0) is 18.6 Å². The monoisotopic (exact) mass is 547 g/mol. The molecule has 2 aromatic rings. The third-order valence-corrected chi connectivity index (χ3v) is 11.2. The number of halogens is 1. The molecule has 2 N–H and O–H groups in total. The van der Waals surface area contributed by atoms with Crippen molar-refractivity contribution in [3.05, 3.63) is 10.2 Å². The van der Waals surface area contributed by atoms with Gasteiger partial charge in [-0.3, -0.25) is 4.57 Å². The largest absolute Gasteiger partial charge is 0.414 e. The molecule has 9 nitrogen and oxygen atoms in total. The lowest BCUT2D eigenvalue weighted by Gasteiger charge is -2.37. The summed E-state index contributed by atoms with van der Waals surface area (Å²) in [6.45, 7) is 15.4. The molecular formula is C19H30IN5O4Si. The Balaban J connectivity index is 1.64. The molecule has 2 aromatic heterocycles. The Morgan fingerprint density at radius 2 is 1.90 bits per heavy atom. The first-order valence-corrected chi connectivity index (χ1v) is 14.1. The molecule has 4 rings (SSSR count). The van der Waals surface area contributed by atoms with Crippen LogP contribution in [-0.4, -0.2) is 58.5 Å². The molecule has 0 radical (unpaired) electrons. The lowest BCUT2D eigenvalue weighted by molar-refractivity contribution is -0.199. The fourth-order valence-electron chi connectivity index (χ4n) is 3.62. The Bertz CT molecular complexity index is 960. The van der Waals surface area contributed by atoms with Crippen LogP contribution in [0, 0.1) is 3.83 Å². The third-order valence-electron chi connectivity index (χ3n) is 6.24. The van der Waals surface area contributed by atoms with Crippen molar-refractivity contribution >= 4 is 47.9 Å². The summed E-state index contributed by atoms with van der Waals surface area (Å²) in [4.78, 5) is 13.1. The van der Waals surface area contributed by atoms with Gasteiger partial charge in [0.05, 0.1) is 12.9 Å². The maximum absolute atomic E-state index is 6.45. The molecule has 0 saturated carbocycles. The van der Waals surface area contributed by atoms with E-state index >= 15 is 0 Å². The summed E-state index contributed by atoms with van der Waals surface area (Å²) in [6.07, 6.45) is 0.426. The fraction of sp³-hybridized carbons (Fsp3) is 0.737. The van der Waals surface area contributed by atoms with Crippen LogP contribution in [0.2, 0.25) is 18.1 Å². The smallest absolute Gasteiger partial charge is 0.194 e. The Labute approximate surface area is 191 Å². The van der Waals surface area contributed by atoms with Crippen molar-refractivity contribution in [1.29, 1.82) is 0 Å². The number of aromatic nitrogens is 4. The molecular weight excluding hydrogens is 517 g/mol. The minimum atomic E-state index is -1.93. The van der Waals surface area contributed by atoms with Crippen LogP contribution in [0.4, 0.5) is 5.82 Å². The van der Waals surface area contributed by atoms with Crippen molar-refractivity contribution in [1.82, 2.24) is 19.5 Å². The second-order valence-corrected chi connectivity index (χ2v) is 15.7. The van der Waals surface area contributed by atoms with Crippen LogP contribution in [0.25, 0.3) is 11.2 Å². The van der Waals surface area contributed by atoms with E-state index in [1.54, 1.807) is 6.33 Å². The predicted octanol–water partition coefficient (Wildman–Crippen LogP) is 3.45. The van der Waals surface area contributed by atoms with Crippen molar-refractivity contribution in [3.63, 3.8) is 0 Å². The quantitative estimate of drug-likeness (QED) is 0.353. The number of anilines is 1. The van der Waals surface area contributed by atoms with Crippen molar-refractivity contribution in [2.75, 3.05) is 12.3 Å². The van der Waals surface area contributed by atoms with Gasteiger partial charge in [0.15, 0.2) is 35.6 Å². The zero-order valence-corrected chi connectivity index (χ0v) is 21.6. The van der Waals surface area contributed by atoms with Crippen LogP contribution in [0.5, 0.6) is 0 Å². The predicted molar refractivity (Wildman–Crippen MR) is 123 cm³/mol. The SMILES string of the molecule is CC1(C)O[C@@H]2[C@H](O1)[C@@H](CO[Si](C)(C)C(C)(C)C)O[C@H]2n1cnc2c(N)nc(I)nc21. The van der Waals surface area contributed by atoms with Gasteiger partial charge in [-0.1, -0.05) is 20.8 Å². The van der Waals surface area contributed by atoms with Crippen molar-refractivity contribution < 1.29 is 18.6 Å². The minimum Gasteiger partial charge on any atom is -0.414 e. The van der Waals surface area contributed by atoms with E-state index in [0.717, 1.165) is 0 Å². The first-order valence-electron chi connectivity index (χ1n) is 10.1. The summed E-state index contributed by atoms with van der Waals surface area (Å²) >= 11 is 2.05. The molecule has 30 heavy (non-hydrogen) atoms. The topological polar surface area (TPSA) is 107 Å². The highest BCUT2D eigenvalue weighted by Gasteiger charge is 2.56. The zero-order valence-electron chi connectivity index (χ0n) is 18.5. The lowest BCUT2D eigenvalue weighted by Crippen LogP contribution is -2.44. The van der Waals surface area contributed by atoms with Gasteiger partial charge in [-0.15, -0.1) is 0 Å². The average Bonchev–Trinajstić information content (AvgIpc) is 3.23. The van der Waals surface area contributed by atoms with E-state index in [4.69, 9.17) is 24.4 Å². The summed E-state index contributed by atoms with van der Waals surface area (Å²) in [6, 6.07) is 0. The molecule has 0 spiro atoms. The van der Waals surface area contributed by atoms with E-state index in [0.29, 0.717) is 27.4 Å². The minimum absolute atomic E-state index is 0.113. The second kappa shape index (κ2) is 7.34. The molecule has 4 heterocycles. The number of fused-ring (bicyclic) bond motifs is 2. The molecule has 4 atom stereocenters. The lowest BCUT2D eigenvalue weighted by atomic mass is 10.1. The molecule has 2 aliphatic heterocycles. The molecule has 2 saturated heterocycles. The maximum Gasteiger partial charge on any atom is 0.194 e. The van der Waals surface area contributed by atoms with Crippen LogP contribution in [0.3, 0.4) is 0 Å². The Hall–Kier alpha value is -0.863. The molecule has 2 fully saturated rings. The Kier molecular flexibility index (Phi) is 5.46. The summed E-state index contributed by atoms with van der Waals surface area (Å²) in [5.74, 6) is -0.356. The maximum atomic E-state index is 6.45. The Morgan fingerprint density at radius 3 is 2.57 bits per heavy atom. The van der Waals surface area contributed by atoms with E-state index in [1.807, 2.05) is 41.0 Å². The van der Waals surface area contributed by atoms with E-state index in [9.17, 15) is 0 Å². The molecule has 2 aliphatic rings. The van der Waals surface area contributed by atoms with Gasteiger partial charge >= 0.3 is 0 Å². The van der Waals surface area contributed by atoms with Crippen LogP contribution in [0.15, 0.2) is 6.33 Å². The number of nitrogens with two attached hydrogens (primary N) is 1. The summed E-state index contributed by atoms with van der Waals surface area (Å²) < 4.78 is 27.7. The second-order valence-electron chi connectivity index (χ2n) is 9.90. The first-order chi connectivity index (χ1) is 13.8. The average molecular weight is 547 g/mol. The highest BCUT2D eigenvalue weighted by Crippen LogP contribution is 2.45. The third kappa shape index (κ3) is 3.88. The van der Waals surface area contributed by atoms with E-state index in [2.05, 4.69) is 48.8 Å². The van der Waals surface area contributed by atoms with Gasteiger partial charge in [-0.05, 0) is 32.0 Å². The fourth-order valence-corrected chi connectivity index (χ4v) is 5.12. The summed E-state index contributed by atoms with van der Waals surface area (Å²) in [5, 5.41) is 0.113. The van der Waals surface area contributed by atoms with E-state index in [-0.39, 0.29) is 23.4 Å². The number of rotatable bonds is 4. The van der Waals surface area contributed by atoms with Gasteiger partial charge in [0, 0.05) is 22.6 Å². The van der Waals surface area contributed by atoms with Crippen molar-refractivity contribution in [2.45, 2.75) is 83.1 Å². The van der Waals surface area contributed by atoms with Crippen LogP contribution >= 0.6 is 22.6 Å². The molecule has 0 bridgehead atoms. The summed E-state index contributed by atoms with van der Waals surface area (Å²) in [5.41, 5.74) is 7.21. The Morgan fingerprint density at radius 1 is 1.23 bits per heavy atom.